The van der Waals surface area contributed by atoms with E-state index in [0.717, 1.165) is 12.0 Å². The molecular weight excluding hydrogens is 340 g/mol. The van der Waals surface area contributed by atoms with Crippen LogP contribution in [0.15, 0.2) is 24.3 Å². The Bertz CT molecular complexity index is 713. The van der Waals surface area contributed by atoms with Crippen LogP contribution in [0.1, 0.15) is 43.7 Å². The Labute approximate surface area is 149 Å². The van der Waals surface area contributed by atoms with Crippen LogP contribution in [0.5, 0.6) is 0 Å². The number of sulfone groups is 1. The van der Waals surface area contributed by atoms with Crippen LogP contribution in [0.3, 0.4) is 0 Å². The second-order valence-corrected chi connectivity index (χ2v) is 8.75. The van der Waals surface area contributed by atoms with Crippen molar-refractivity contribution >= 4 is 21.7 Å². The van der Waals surface area contributed by atoms with Crippen LogP contribution in [0.4, 0.5) is 0 Å². The molecule has 0 aromatic heterocycles. The van der Waals surface area contributed by atoms with E-state index in [4.69, 9.17) is 0 Å². The van der Waals surface area contributed by atoms with E-state index >= 15 is 0 Å². The van der Waals surface area contributed by atoms with E-state index in [-0.39, 0.29) is 48.2 Å². The first kappa shape index (κ1) is 19.4. The lowest BCUT2D eigenvalue weighted by Gasteiger charge is -2.14. The molecule has 25 heavy (non-hydrogen) atoms. The lowest BCUT2D eigenvalue weighted by atomic mass is 9.98. The number of amides is 2. The Balaban J connectivity index is 1.73. The van der Waals surface area contributed by atoms with E-state index in [0.29, 0.717) is 6.42 Å². The normalized spacial score (nSPS) is 20.0. The Hall–Kier alpha value is -1.89. The molecule has 2 atom stereocenters. The number of nitrogens with one attached hydrogen (secondary N) is 2. The van der Waals surface area contributed by atoms with Crippen molar-refractivity contribution in [1.82, 2.24) is 10.6 Å². The summed E-state index contributed by atoms with van der Waals surface area (Å²) < 4.78 is 22.7. The summed E-state index contributed by atoms with van der Waals surface area (Å²) in [5, 5.41) is 5.48. The highest BCUT2D eigenvalue weighted by Crippen LogP contribution is 2.16. The summed E-state index contributed by atoms with van der Waals surface area (Å²) in [5.74, 6) is -0.504. The van der Waals surface area contributed by atoms with Crippen LogP contribution in [0.25, 0.3) is 0 Å². The summed E-state index contributed by atoms with van der Waals surface area (Å²) in [6.45, 7) is 4.15. The Kier molecular flexibility index (Phi) is 6.58. The molecule has 138 valence electrons. The van der Waals surface area contributed by atoms with Gasteiger partial charge in [-0.2, -0.15) is 0 Å². The molecule has 7 heteroatoms. The van der Waals surface area contributed by atoms with E-state index in [1.807, 2.05) is 31.2 Å². The van der Waals surface area contributed by atoms with Gasteiger partial charge in [0.2, 0.25) is 11.8 Å². The molecule has 0 aliphatic carbocycles. The number of rotatable bonds is 7. The van der Waals surface area contributed by atoms with Crippen LogP contribution in [-0.2, 0) is 25.8 Å². The molecule has 1 fully saturated rings. The van der Waals surface area contributed by atoms with E-state index < -0.39 is 9.84 Å². The van der Waals surface area contributed by atoms with E-state index in [9.17, 15) is 18.0 Å². The summed E-state index contributed by atoms with van der Waals surface area (Å²) in [6.07, 6.45) is 1.56. The molecule has 2 N–H and O–H groups in total. The summed E-state index contributed by atoms with van der Waals surface area (Å²) in [4.78, 5) is 24.0. The lowest BCUT2D eigenvalue weighted by molar-refractivity contribution is -0.123. The molecule has 2 amide bonds. The van der Waals surface area contributed by atoms with Crippen molar-refractivity contribution in [3.8, 4) is 0 Å². The quantitative estimate of drug-likeness (QED) is 0.757. The second-order valence-electron chi connectivity index (χ2n) is 6.53. The van der Waals surface area contributed by atoms with Crippen LogP contribution in [0, 0.1) is 0 Å². The van der Waals surface area contributed by atoms with Crippen LogP contribution < -0.4 is 10.6 Å². The zero-order valence-electron chi connectivity index (χ0n) is 14.7. The minimum absolute atomic E-state index is 0.00981. The van der Waals surface area contributed by atoms with E-state index in [2.05, 4.69) is 17.6 Å². The molecule has 1 aromatic rings. The van der Waals surface area contributed by atoms with Crippen LogP contribution >= 0.6 is 0 Å². The first-order valence-corrected chi connectivity index (χ1v) is 10.5. The van der Waals surface area contributed by atoms with Crippen molar-refractivity contribution in [2.45, 2.75) is 45.1 Å². The molecule has 1 aliphatic rings. The molecule has 0 spiro atoms. The predicted molar refractivity (Wildman–Crippen MR) is 97.1 cm³/mol. The third-order valence-corrected chi connectivity index (χ3v) is 6.30. The zero-order chi connectivity index (χ0) is 18.4. The maximum Gasteiger partial charge on any atom is 0.227 e. The lowest BCUT2D eigenvalue weighted by Crippen LogP contribution is -2.38. The fraction of sp³-hybridized carbons (Fsp3) is 0.556. The van der Waals surface area contributed by atoms with Gasteiger partial charge in [-0.15, -0.1) is 0 Å². The highest BCUT2D eigenvalue weighted by atomic mass is 32.2. The third kappa shape index (κ3) is 5.85. The molecule has 1 heterocycles. The van der Waals surface area contributed by atoms with Crippen LogP contribution in [-0.4, -0.2) is 44.3 Å². The number of carbonyl (C=O) groups excluding carboxylic acids is 2. The van der Waals surface area contributed by atoms with Gasteiger partial charge in [0.1, 0.15) is 0 Å². The standard InChI is InChI=1S/C18H26N2O4S/c1-3-14-4-6-15(7-5-14)13(2)18(22)19-10-8-17(21)20-16-9-11-25(23,24)12-16/h4-7,13,16H,3,8-12H2,1-2H3,(H,19,22)(H,20,21)/t13-,16-/m0/s1. The molecule has 0 unspecified atom stereocenters. The van der Waals surface area contributed by atoms with E-state index in [1.54, 1.807) is 0 Å². The van der Waals surface area contributed by atoms with Gasteiger partial charge in [0.05, 0.1) is 17.4 Å². The van der Waals surface area contributed by atoms with Crippen LogP contribution in [0.2, 0.25) is 0 Å². The minimum Gasteiger partial charge on any atom is -0.355 e. The SMILES string of the molecule is CCc1ccc([C@H](C)C(=O)NCCC(=O)N[C@H]2CCS(=O)(=O)C2)cc1. The second kappa shape index (κ2) is 8.47. The summed E-state index contributed by atoms with van der Waals surface area (Å²) in [5.41, 5.74) is 2.16. The summed E-state index contributed by atoms with van der Waals surface area (Å²) in [6, 6.07) is 7.64. The molecule has 0 bridgehead atoms. The fourth-order valence-electron chi connectivity index (χ4n) is 2.85. The van der Waals surface area contributed by atoms with Gasteiger partial charge in [-0.1, -0.05) is 31.2 Å². The fourth-order valence-corrected chi connectivity index (χ4v) is 4.53. The Morgan fingerprint density at radius 2 is 1.92 bits per heavy atom. The summed E-state index contributed by atoms with van der Waals surface area (Å²) >= 11 is 0. The number of benzene rings is 1. The highest BCUT2D eigenvalue weighted by molar-refractivity contribution is 7.91. The van der Waals surface area contributed by atoms with Gasteiger partial charge in [0.15, 0.2) is 9.84 Å². The first-order chi connectivity index (χ1) is 11.8. The van der Waals surface area contributed by atoms with Gasteiger partial charge in [0, 0.05) is 19.0 Å². The number of carbonyl (C=O) groups is 2. The van der Waals surface area contributed by atoms with Crippen molar-refractivity contribution in [2.24, 2.45) is 0 Å². The zero-order valence-corrected chi connectivity index (χ0v) is 15.6. The van der Waals surface area contributed by atoms with Gasteiger partial charge < -0.3 is 10.6 Å². The van der Waals surface area contributed by atoms with Gasteiger partial charge in [-0.3, -0.25) is 9.59 Å². The predicted octanol–water partition coefficient (Wildman–Crippen LogP) is 1.16. The smallest absolute Gasteiger partial charge is 0.227 e. The van der Waals surface area contributed by atoms with Crippen molar-refractivity contribution in [1.29, 1.82) is 0 Å². The van der Waals surface area contributed by atoms with Crippen molar-refractivity contribution in [2.75, 3.05) is 18.1 Å². The van der Waals surface area contributed by atoms with Crippen molar-refractivity contribution in [3.63, 3.8) is 0 Å². The average Bonchev–Trinajstić information content (AvgIpc) is 2.92. The van der Waals surface area contributed by atoms with Crippen molar-refractivity contribution in [3.05, 3.63) is 35.4 Å². The first-order valence-electron chi connectivity index (χ1n) is 8.67. The van der Waals surface area contributed by atoms with Gasteiger partial charge >= 0.3 is 0 Å². The average molecular weight is 366 g/mol. The largest absolute Gasteiger partial charge is 0.355 e. The Morgan fingerprint density at radius 3 is 2.48 bits per heavy atom. The maximum absolute atomic E-state index is 12.2. The molecule has 0 saturated carbocycles. The van der Waals surface area contributed by atoms with Gasteiger partial charge in [-0.25, -0.2) is 8.42 Å². The molecule has 1 aromatic carbocycles. The number of hydrogen-bond acceptors (Lipinski definition) is 4. The van der Waals surface area contributed by atoms with Gasteiger partial charge in [0.25, 0.3) is 0 Å². The number of aryl methyl sites for hydroxylation is 1. The molecule has 2 rings (SSSR count). The molecule has 1 saturated heterocycles. The Morgan fingerprint density at radius 1 is 1.24 bits per heavy atom. The maximum atomic E-state index is 12.2. The molecular formula is C18H26N2O4S. The summed E-state index contributed by atoms with van der Waals surface area (Å²) in [7, 11) is -3.01. The molecule has 6 nitrogen and oxygen atoms in total. The highest BCUT2D eigenvalue weighted by Gasteiger charge is 2.28. The van der Waals surface area contributed by atoms with Crippen molar-refractivity contribution < 1.29 is 18.0 Å². The topological polar surface area (TPSA) is 92.3 Å². The minimum atomic E-state index is -3.01. The molecule has 1 aliphatic heterocycles. The third-order valence-electron chi connectivity index (χ3n) is 4.53. The molecule has 0 radical (unpaired) electrons. The number of hydrogen-bond donors (Lipinski definition) is 2. The van der Waals surface area contributed by atoms with E-state index in [1.165, 1.54) is 5.56 Å². The monoisotopic (exact) mass is 366 g/mol. The van der Waals surface area contributed by atoms with Gasteiger partial charge in [-0.05, 0) is 30.9 Å².